The average Bonchev–Trinajstić information content (AvgIpc) is 3.14. The zero-order valence-corrected chi connectivity index (χ0v) is 12.6. The third-order valence-electron chi connectivity index (χ3n) is 3.69. The number of likely N-dealkylation sites (N-methyl/N-ethyl adjacent to an activating group) is 1. The number of hydrogen-bond donors (Lipinski definition) is 0. The molecule has 1 fully saturated rings. The number of carbonyl (C=O) groups is 1. The van der Waals surface area contributed by atoms with E-state index in [9.17, 15) is 4.79 Å². The lowest BCUT2D eigenvalue weighted by Crippen LogP contribution is -2.35. The Morgan fingerprint density at radius 1 is 1.42 bits per heavy atom. The summed E-state index contributed by atoms with van der Waals surface area (Å²) in [6.45, 7) is 3.30. The first kappa shape index (κ1) is 12.7. The molecule has 19 heavy (non-hydrogen) atoms. The summed E-state index contributed by atoms with van der Waals surface area (Å²) in [6, 6.07) is 8.71. The highest BCUT2D eigenvalue weighted by molar-refractivity contribution is 9.10. The van der Waals surface area contributed by atoms with Crippen molar-refractivity contribution in [1.29, 1.82) is 0 Å². The third-order valence-corrected chi connectivity index (χ3v) is 4.18. The summed E-state index contributed by atoms with van der Waals surface area (Å²) in [5, 5.41) is 1.17. The normalized spacial score (nSPS) is 14.8. The Labute approximate surface area is 121 Å². The molecule has 1 heterocycles. The molecule has 0 saturated heterocycles. The summed E-state index contributed by atoms with van der Waals surface area (Å²) in [5.41, 5.74) is 1.11. The van der Waals surface area contributed by atoms with E-state index in [-0.39, 0.29) is 5.91 Å². The number of nitrogens with zero attached hydrogens (tertiary/aromatic N) is 2. The molecule has 1 aliphatic carbocycles. The lowest BCUT2D eigenvalue weighted by molar-refractivity contribution is -0.132. The van der Waals surface area contributed by atoms with Crippen LogP contribution in [0.1, 0.15) is 19.8 Å². The van der Waals surface area contributed by atoms with Crippen LogP contribution in [-0.4, -0.2) is 28.0 Å². The molecule has 0 atom stereocenters. The van der Waals surface area contributed by atoms with Crippen LogP contribution in [0.5, 0.6) is 0 Å². The summed E-state index contributed by atoms with van der Waals surface area (Å²) < 4.78 is 3.08. The second kappa shape index (κ2) is 5.00. The number of carbonyl (C=O) groups excluding carboxylic acids is 1. The summed E-state index contributed by atoms with van der Waals surface area (Å²) in [6.07, 6.45) is 4.32. The lowest BCUT2D eigenvalue weighted by Gasteiger charge is -2.20. The van der Waals surface area contributed by atoms with Gasteiger partial charge >= 0.3 is 0 Å². The number of fused-ring (bicyclic) bond motifs is 1. The van der Waals surface area contributed by atoms with Crippen LogP contribution >= 0.6 is 15.9 Å². The molecule has 2 aromatic rings. The van der Waals surface area contributed by atoms with Crippen molar-refractivity contribution < 1.29 is 4.79 Å². The second-order valence-corrected chi connectivity index (χ2v) is 5.97. The van der Waals surface area contributed by atoms with Gasteiger partial charge in [-0.1, -0.05) is 22.0 Å². The topological polar surface area (TPSA) is 25.2 Å². The molecular weight excluding hydrogens is 304 g/mol. The Morgan fingerprint density at radius 2 is 2.21 bits per heavy atom. The minimum Gasteiger partial charge on any atom is -0.338 e. The van der Waals surface area contributed by atoms with Gasteiger partial charge in [-0.3, -0.25) is 4.79 Å². The molecule has 3 rings (SSSR count). The van der Waals surface area contributed by atoms with E-state index in [0.29, 0.717) is 12.6 Å². The largest absolute Gasteiger partial charge is 0.338 e. The number of hydrogen-bond acceptors (Lipinski definition) is 1. The number of rotatable bonds is 4. The van der Waals surface area contributed by atoms with Crippen molar-refractivity contribution in [2.45, 2.75) is 32.4 Å². The van der Waals surface area contributed by atoms with E-state index in [1.807, 2.05) is 21.7 Å². The van der Waals surface area contributed by atoms with Crippen molar-refractivity contribution in [2.24, 2.45) is 0 Å². The summed E-state index contributed by atoms with van der Waals surface area (Å²) in [5.74, 6) is 0.225. The Balaban J connectivity index is 1.84. The zero-order chi connectivity index (χ0) is 13.4. The fourth-order valence-electron chi connectivity index (χ4n) is 2.56. The van der Waals surface area contributed by atoms with Gasteiger partial charge in [0.2, 0.25) is 5.91 Å². The molecule has 0 unspecified atom stereocenters. The molecule has 0 spiro atoms. The molecule has 0 bridgehead atoms. The molecule has 1 saturated carbocycles. The fraction of sp³-hybridized carbons (Fsp3) is 0.400. The van der Waals surface area contributed by atoms with Crippen molar-refractivity contribution in [3.05, 3.63) is 34.9 Å². The van der Waals surface area contributed by atoms with Crippen LogP contribution in [0, 0.1) is 0 Å². The summed E-state index contributed by atoms with van der Waals surface area (Å²) >= 11 is 3.48. The number of halogens is 1. The van der Waals surface area contributed by atoms with E-state index in [2.05, 4.69) is 41.1 Å². The first-order valence-electron chi connectivity index (χ1n) is 6.73. The van der Waals surface area contributed by atoms with Gasteiger partial charge in [-0.25, -0.2) is 0 Å². The Kier molecular flexibility index (Phi) is 3.35. The molecule has 1 amide bonds. The smallest absolute Gasteiger partial charge is 0.242 e. The lowest BCUT2D eigenvalue weighted by atomic mass is 10.2. The van der Waals surface area contributed by atoms with E-state index in [1.54, 1.807) is 0 Å². The molecular formula is C15H17BrN2O. The van der Waals surface area contributed by atoms with Gasteiger partial charge < -0.3 is 9.47 Å². The molecule has 4 heteroatoms. The van der Waals surface area contributed by atoms with Gasteiger partial charge in [-0.15, -0.1) is 0 Å². The van der Waals surface area contributed by atoms with E-state index < -0.39 is 0 Å². The molecule has 1 aliphatic rings. The van der Waals surface area contributed by atoms with Gasteiger partial charge in [0.15, 0.2) is 0 Å². The SMILES string of the molecule is CCN(C(=O)Cn1ccc2ccc(Br)cc21)C1CC1. The van der Waals surface area contributed by atoms with Crippen LogP contribution < -0.4 is 0 Å². The van der Waals surface area contributed by atoms with Crippen LogP contribution in [0.25, 0.3) is 10.9 Å². The molecule has 0 aliphatic heterocycles. The van der Waals surface area contributed by atoms with E-state index in [1.165, 1.54) is 5.39 Å². The highest BCUT2D eigenvalue weighted by Crippen LogP contribution is 2.27. The Hall–Kier alpha value is -1.29. The number of amides is 1. The van der Waals surface area contributed by atoms with Crippen molar-refractivity contribution in [3.63, 3.8) is 0 Å². The Morgan fingerprint density at radius 3 is 2.89 bits per heavy atom. The van der Waals surface area contributed by atoms with Crippen molar-refractivity contribution in [1.82, 2.24) is 9.47 Å². The quantitative estimate of drug-likeness (QED) is 0.847. The van der Waals surface area contributed by atoms with Crippen LogP contribution in [0.2, 0.25) is 0 Å². The predicted octanol–water partition coefficient (Wildman–Crippen LogP) is 3.41. The average molecular weight is 321 g/mol. The molecule has 0 N–H and O–H groups in total. The molecule has 1 aromatic carbocycles. The summed E-state index contributed by atoms with van der Waals surface area (Å²) in [7, 11) is 0. The van der Waals surface area contributed by atoms with E-state index in [0.717, 1.165) is 29.4 Å². The van der Waals surface area contributed by atoms with E-state index in [4.69, 9.17) is 0 Å². The highest BCUT2D eigenvalue weighted by atomic mass is 79.9. The van der Waals surface area contributed by atoms with E-state index >= 15 is 0 Å². The summed E-state index contributed by atoms with van der Waals surface area (Å²) in [4.78, 5) is 14.3. The molecule has 100 valence electrons. The maximum absolute atomic E-state index is 12.3. The maximum Gasteiger partial charge on any atom is 0.242 e. The van der Waals surface area contributed by atoms with Crippen molar-refractivity contribution in [2.75, 3.05) is 6.54 Å². The van der Waals surface area contributed by atoms with Crippen LogP contribution in [-0.2, 0) is 11.3 Å². The van der Waals surface area contributed by atoms with Gasteiger partial charge in [0.1, 0.15) is 6.54 Å². The van der Waals surface area contributed by atoms with Gasteiger partial charge in [-0.2, -0.15) is 0 Å². The van der Waals surface area contributed by atoms with Crippen LogP contribution in [0.3, 0.4) is 0 Å². The number of benzene rings is 1. The molecule has 0 radical (unpaired) electrons. The minimum absolute atomic E-state index is 0.225. The minimum atomic E-state index is 0.225. The predicted molar refractivity (Wildman–Crippen MR) is 80.0 cm³/mol. The maximum atomic E-state index is 12.3. The standard InChI is InChI=1S/C15H17BrN2O/c1-2-18(13-5-6-13)15(19)10-17-8-7-11-3-4-12(16)9-14(11)17/h3-4,7-9,13H,2,5-6,10H2,1H3. The molecule has 1 aromatic heterocycles. The number of aromatic nitrogens is 1. The highest BCUT2D eigenvalue weighted by Gasteiger charge is 2.31. The third kappa shape index (κ3) is 2.54. The molecule has 3 nitrogen and oxygen atoms in total. The van der Waals surface area contributed by atoms with Crippen LogP contribution in [0.4, 0.5) is 0 Å². The Bertz CT molecular complexity index is 616. The zero-order valence-electron chi connectivity index (χ0n) is 11.0. The van der Waals surface area contributed by atoms with Gasteiger partial charge in [0.25, 0.3) is 0 Å². The van der Waals surface area contributed by atoms with Gasteiger partial charge in [0.05, 0.1) is 0 Å². The first-order chi connectivity index (χ1) is 9.19. The fourth-order valence-corrected chi connectivity index (χ4v) is 2.90. The first-order valence-corrected chi connectivity index (χ1v) is 7.52. The van der Waals surface area contributed by atoms with Gasteiger partial charge in [0, 0.05) is 28.8 Å². The van der Waals surface area contributed by atoms with Crippen LogP contribution in [0.15, 0.2) is 34.9 Å². The van der Waals surface area contributed by atoms with Crippen molar-refractivity contribution in [3.8, 4) is 0 Å². The monoisotopic (exact) mass is 320 g/mol. The van der Waals surface area contributed by atoms with Crippen molar-refractivity contribution >= 4 is 32.7 Å². The van der Waals surface area contributed by atoms with Gasteiger partial charge in [-0.05, 0) is 43.4 Å². The second-order valence-electron chi connectivity index (χ2n) is 5.06.